The van der Waals surface area contributed by atoms with E-state index in [1.165, 1.54) is 30.3 Å². The smallest absolute Gasteiger partial charge is 0.341 e. The first-order chi connectivity index (χ1) is 20.2. The van der Waals surface area contributed by atoms with Crippen molar-refractivity contribution in [1.82, 2.24) is 0 Å². The van der Waals surface area contributed by atoms with Crippen molar-refractivity contribution in [2.75, 3.05) is 13.2 Å². The van der Waals surface area contributed by atoms with E-state index in [9.17, 15) is 9.59 Å². The molecular formula is C28H15Cl9O6. The van der Waals surface area contributed by atoms with Crippen LogP contribution in [0.2, 0.25) is 45.2 Å². The van der Waals surface area contributed by atoms with Gasteiger partial charge in [-0.25, -0.2) is 9.59 Å². The van der Waals surface area contributed by atoms with E-state index in [2.05, 4.69) is 0 Å². The Morgan fingerprint density at radius 3 is 1.35 bits per heavy atom. The molecule has 0 saturated heterocycles. The molecule has 0 aromatic heterocycles. The number of carboxylic acids is 2. The normalized spacial score (nSPS) is 10.5. The third kappa shape index (κ3) is 9.76. The van der Waals surface area contributed by atoms with Crippen LogP contribution in [0.1, 0.15) is 0 Å². The zero-order valence-corrected chi connectivity index (χ0v) is 27.8. The summed E-state index contributed by atoms with van der Waals surface area (Å²) in [6.07, 6.45) is 0. The number of hydrogen-bond donors (Lipinski definition) is 2. The Morgan fingerprint density at radius 1 is 0.465 bits per heavy atom. The first-order valence-corrected chi connectivity index (χ1v) is 14.9. The van der Waals surface area contributed by atoms with Crippen LogP contribution >= 0.6 is 104 Å². The molecule has 0 atom stereocenters. The van der Waals surface area contributed by atoms with E-state index in [4.69, 9.17) is 124 Å². The highest BCUT2D eigenvalue weighted by molar-refractivity contribution is 6.45. The first kappa shape index (κ1) is 35.5. The minimum atomic E-state index is -1.12. The predicted octanol–water partition coefficient (Wildman–Crippen LogP) is 11.5. The minimum absolute atomic E-state index is 0.161. The van der Waals surface area contributed by atoms with Gasteiger partial charge in [-0.3, -0.25) is 0 Å². The van der Waals surface area contributed by atoms with Crippen LogP contribution in [0.5, 0.6) is 11.5 Å². The Morgan fingerprint density at radius 2 is 0.860 bits per heavy atom. The Balaban J connectivity index is 0.000000236. The summed E-state index contributed by atoms with van der Waals surface area (Å²) in [5, 5.41) is 20.1. The second kappa shape index (κ2) is 15.8. The second-order valence-corrected chi connectivity index (χ2v) is 11.9. The van der Waals surface area contributed by atoms with E-state index in [-0.39, 0.29) is 15.8 Å². The van der Waals surface area contributed by atoms with E-state index < -0.39 is 25.2 Å². The zero-order chi connectivity index (χ0) is 32.0. The summed E-state index contributed by atoms with van der Waals surface area (Å²) in [5.74, 6) is -1.68. The summed E-state index contributed by atoms with van der Waals surface area (Å²) < 4.78 is 10.1. The van der Waals surface area contributed by atoms with Gasteiger partial charge in [0, 0.05) is 28.3 Å². The van der Waals surface area contributed by atoms with Crippen LogP contribution in [-0.2, 0) is 9.59 Å². The van der Waals surface area contributed by atoms with E-state index in [1.54, 1.807) is 24.3 Å². The van der Waals surface area contributed by atoms with Crippen molar-refractivity contribution >= 4 is 116 Å². The molecule has 0 unspecified atom stereocenters. The monoisotopic (exact) mass is 762 g/mol. The number of hydrogen-bond acceptors (Lipinski definition) is 4. The number of rotatable bonds is 8. The highest BCUT2D eigenvalue weighted by Crippen LogP contribution is 2.42. The topological polar surface area (TPSA) is 93.1 Å². The Hall–Kier alpha value is -1.97. The third-order valence-corrected chi connectivity index (χ3v) is 8.27. The van der Waals surface area contributed by atoms with Gasteiger partial charge in [-0.05, 0) is 48.5 Å². The number of aliphatic carboxylic acids is 2. The highest BCUT2D eigenvalue weighted by atomic mass is 35.5. The molecule has 0 spiro atoms. The molecule has 0 aliphatic rings. The van der Waals surface area contributed by atoms with Crippen molar-refractivity contribution in [2.24, 2.45) is 0 Å². The van der Waals surface area contributed by atoms with Crippen LogP contribution in [0, 0.1) is 0 Å². The first-order valence-electron chi connectivity index (χ1n) is 11.5. The van der Waals surface area contributed by atoms with Crippen molar-refractivity contribution in [3.63, 3.8) is 0 Å². The SMILES string of the molecule is O=C(O)COc1cc(Cl)c(-c2cc(Cl)c(Cl)cc2Cl)cc1Cl.O=C(O)COc1ccc(-c2cc(Cl)c(Cl)cc2Cl)c(Cl)c1. The largest absolute Gasteiger partial charge is 0.482 e. The van der Waals surface area contributed by atoms with Gasteiger partial charge in [0.1, 0.15) is 11.5 Å². The summed E-state index contributed by atoms with van der Waals surface area (Å²) in [5.41, 5.74) is 2.34. The van der Waals surface area contributed by atoms with Crippen molar-refractivity contribution in [2.45, 2.75) is 0 Å². The Bertz CT molecular complexity index is 1690. The van der Waals surface area contributed by atoms with Gasteiger partial charge in [-0.2, -0.15) is 0 Å². The van der Waals surface area contributed by atoms with Crippen LogP contribution < -0.4 is 9.47 Å². The quantitative estimate of drug-likeness (QED) is 0.174. The van der Waals surface area contributed by atoms with E-state index in [1.807, 2.05) is 0 Å². The van der Waals surface area contributed by atoms with Crippen molar-refractivity contribution < 1.29 is 29.3 Å². The second-order valence-electron chi connectivity index (χ2n) is 8.26. The molecule has 0 heterocycles. The van der Waals surface area contributed by atoms with Crippen molar-refractivity contribution in [1.29, 1.82) is 0 Å². The molecular weight excluding hydrogens is 751 g/mol. The maximum atomic E-state index is 10.5. The minimum Gasteiger partial charge on any atom is -0.482 e. The van der Waals surface area contributed by atoms with Crippen molar-refractivity contribution in [3.8, 4) is 33.8 Å². The molecule has 0 amide bonds. The fourth-order valence-corrected chi connectivity index (χ4v) is 5.44. The van der Waals surface area contributed by atoms with Gasteiger partial charge in [0.25, 0.3) is 0 Å². The summed E-state index contributed by atoms with van der Waals surface area (Å²) in [4.78, 5) is 21.0. The molecule has 4 aromatic carbocycles. The van der Waals surface area contributed by atoms with Crippen LogP contribution in [-0.4, -0.2) is 35.4 Å². The molecule has 226 valence electrons. The number of benzene rings is 4. The van der Waals surface area contributed by atoms with E-state index >= 15 is 0 Å². The van der Waals surface area contributed by atoms with Crippen LogP contribution in [0.15, 0.2) is 54.6 Å². The lowest BCUT2D eigenvalue weighted by atomic mass is 10.1. The van der Waals surface area contributed by atoms with E-state index in [0.29, 0.717) is 63.2 Å². The number of ether oxygens (including phenoxy) is 2. The summed E-state index contributed by atoms with van der Waals surface area (Å²) >= 11 is 54.5. The van der Waals surface area contributed by atoms with E-state index in [0.717, 1.165) is 0 Å². The Kier molecular flexibility index (Phi) is 13.1. The zero-order valence-electron chi connectivity index (χ0n) is 21.0. The van der Waals surface area contributed by atoms with Gasteiger partial charge in [0.2, 0.25) is 0 Å². The molecule has 4 aromatic rings. The number of carboxylic acid groups (broad SMARTS) is 2. The van der Waals surface area contributed by atoms with Gasteiger partial charge in [-0.1, -0.05) is 104 Å². The van der Waals surface area contributed by atoms with Gasteiger partial charge in [0.05, 0.1) is 45.2 Å². The summed E-state index contributed by atoms with van der Waals surface area (Å²) in [6, 6.07) is 13.9. The molecule has 0 radical (unpaired) electrons. The molecule has 0 saturated carbocycles. The molecule has 0 fully saturated rings. The molecule has 4 rings (SSSR count). The third-order valence-electron chi connectivity index (χ3n) is 5.28. The fourth-order valence-electron chi connectivity index (χ4n) is 3.39. The Labute approximate surface area is 290 Å². The number of carbonyl (C=O) groups is 2. The highest BCUT2D eigenvalue weighted by Gasteiger charge is 2.16. The maximum absolute atomic E-state index is 10.5. The lowest BCUT2D eigenvalue weighted by Crippen LogP contribution is -2.09. The standard InChI is InChI=1S/C14H7Cl5O3.C14H8Cl4O3/c15-8-3-11(18)10(17)1-6(8)7-2-12(19)13(4-9(7)16)22-5-14(20)21;15-10-3-7(21-6-14(19)20)1-2-8(10)9-4-12(17)13(18)5-11(9)16/h1-4H,5H2,(H,20,21);1-5H,6H2,(H,19,20). The molecule has 43 heavy (non-hydrogen) atoms. The molecule has 6 nitrogen and oxygen atoms in total. The summed E-state index contributed by atoms with van der Waals surface area (Å²) in [7, 11) is 0. The fraction of sp³-hybridized carbons (Fsp3) is 0.0714. The molecule has 0 aliphatic heterocycles. The molecule has 2 N–H and O–H groups in total. The molecule has 0 bridgehead atoms. The van der Waals surface area contributed by atoms with Crippen LogP contribution in [0.4, 0.5) is 0 Å². The lowest BCUT2D eigenvalue weighted by Gasteiger charge is -2.12. The van der Waals surface area contributed by atoms with Gasteiger partial charge < -0.3 is 19.7 Å². The van der Waals surface area contributed by atoms with Gasteiger partial charge in [0.15, 0.2) is 13.2 Å². The van der Waals surface area contributed by atoms with Gasteiger partial charge >= 0.3 is 11.9 Å². The van der Waals surface area contributed by atoms with Crippen molar-refractivity contribution in [3.05, 3.63) is 99.8 Å². The maximum Gasteiger partial charge on any atom is 0.341 e. The lowest BCUT2D eigenvalue weighted by molar-refractivity contribution is -0.140. The predicted molar refractivity (Wildman–Crippen MR) is 175 cm³/mol. The average Bonchev–Trinajstić information content (AvgIpc) is 2.92. The summed E-state index contributed by atoms with van der Waals surface area (Å²) in [6.45, 7) is -0.966. The van der Waals surface area contributed by atoms with Crippen LogP contribution in [0.3, 0.4) is 0 Å². The molecule has 0 aliphatic carbocycles. The molecule has 15 heteroatoms. The average molecular weight is 766 g/mol. The number of halogens is 9. The van der Waals surface area contributed by atoms with Crippen LogP contribution in [0.25, 0.3) is 22.3 Å². The van der Waals surface area contributed by atoms with Gasteiger partial charge in [-0.15, -0.1) is 0 Å².